The van der Waals surface area contributed by atoms with Crippen molar-refractivity contribution in [2.45, 2.75) is 26.4 Å². The van der Waals surface area contributed by atoms with Gasteiger partial charge in [-0.15, -0.1) is 0 Å². The number of ether oxygens (including phenoxy) is 2. The smallest absolute Gasteiger partial charge is 0.344 e. The zero-order valence-corrected chi connectivity index (χ0v) is 16.2. The molecule has 29 heavy (non-hydrogen) atoms. The number of benzene rings is 2. The van der Waals surface area contributed by atoms with Crippen LogP contribution in [0, 0.1) is 10.1 Å². The highest BCUT2D eigenvalue weighted by molar-refractivity contribution is 5.95. The SMILES string of the molecule is CC(C)(C)OC(=O)COc1ccc(/C=N\NC(=O)c2ccc([N+](=O)[O-])cc2)cc1. The van der Waals surface area contributed by atoms with Crippen LogP contribution in [0.1, 0.15) is 36.7 Å². The summed E-state index contributed by atoms with van der Waals surface area (Å²) < 4.78 is 10.5. The molecule has 0 atom stereocenters. The summed E-state index contributed by atoms with van der Waals surface area (Å²) >= 11 is 0. The lowest BCUT2D eigenvalue weighted by atomic mass is 10.2. The fourth-order valence-corrected chi connectivity index (χ4v) is 2.13. The summed E-state index contributed by atoms with van der Waals surface area (Å²) in [5.41, 5.74) is 2.61. The Morgan fingerprint density at radius 2 is 1.72 bits per heavy atom. The van der Waals surface area contributed by atoms with Crippen molar-refractivity contribution in [1.82, 2.24) is 5.43 Å². The highest BCUT2D eigenvalue weighted by atomic mass is 16.6. The highest BCUT2D eigenvalue weighted by Crippen LogP contribution is 2.13. The summed E-state index contributed by atoms with van der Waals surface area (Å²) in [5, 5.41) is 14.5. The number of esters is 1. The van der Waals surface area contributed by atoms with Gasteiger partial charge in [0.25, 0.3) is 11.6 Å². The predicted octanol–water partition coefficient (Wildman–Crippen LogP) is 3.08. The van der Waals surface area contributed by atoms with E-state index in [0.717, 1.165) is 0 Å². The number of nitrogens with one attached hydrogen (secondary N) is 1. The van der Waals surface area contributed by atoms with E-state index in [1.165, 1.54) is 30.5 Å². The van der Waals surface area contributed by atoms with Crippen LogP contribution in [0.25, 0.3) is 0 Å². The maximum atomic E-state index is 12.0. The van der Waals surface area contributed by atoms with Crippen molar-refractivity contribution in [3.8, 4) is 5.75 Å². The molecule has 1 N–H and O–H groups in total. The minimum atomic E-state index is -0.570. The van der Waals surface area contributed by atoms with E-state index in [2.05, 4.69) is 10.5 Å². The van der Waals surface area contributed by atoms with Crippen molar-refractivity contribution in [2.24, 2.45) is 5.10 Å². The summed E-state index contributed by atoms with van der Waals surface area (Å²) in [5.74, 6) is -0.464. The van der Waals surface area contributed by atoms with Gasteiger partial charge in [-0.05, 0) is 62.7 Å². The van der Waals surface area contributed by atoms with Crippen molar-refractivity contribution in [2.75, 3.05) is 6.61 Å². The lowest BCUT2D eigenvalue weighted by Crippen LogP contribution is -2.27. The molecule has 0 aromatic heterocycles. The first kappa shape index (κ1) is 21.5. The molecule has 0 radical (unpaired) electrons. The first-order valence-electron chi connectivity index (χ1n) is 8.66. The average Bonchev–Trinajstić information content (AvgIpc) is 2.66. The lowest BCUT2D eigenvalue weighted by molar-refractivity contribution is -0.384. The van der Waals surface area contributed by atoms with E-state index in [0.29, 0.717) is 11.3 Å². The Bertz CT molecular complexity index is 899. The lowest BCUT2D eigenvalue weighted by Gasteiger charge is -2.19. The molecule has 0 fully saturated rings. The molecule has 1 amide bonds. The predicted molar refractivity (Wildman–Crippen MR) is 106 cm³/mol. The highest BCUT2D eigenvalue weighted by Gasteiger charge is 2.16. The number of carbonyl (C=O) groups is 2. The number of nitrogens with zero attached hydrogens (tertiary/aromatic N) is 2. The van der Waals surface area contributed by atoms with Gasteiger partial charge in [-0.3, -0.25) is 14.9 Å². The Morgan fingerprint density at radius 1 is 1.10 bits per heavy atom. The van der Waals surface area contributed by atoms with Gasteiger partial charge in [-0.1, -0.05) is 0 Å². The van der Waals surface area contributed by atoms with Gasteiger partial charge in [0.2, 0.25) is 0 Å². The first-order valence-corrected chi connectivity index (χ1v) is 8.66. The zero-order valence-electron chi connectivity index (χ0n) is 16.2. The van der Waals surface area contributed by atoms with Crippen LogP contribution in [-0.2, 0) is 9.53 Å². The third-order valence-electron chi connectivity index (χ3n) is 3.38. The summed E-state index contributed by atoms with van der Waals surface area (Å²) in [7, 11) is 0. The molecule has 0 saturated carbocycles. The molecular weight excluding hydrogens is 378 g/mol. The van der Waals surface area contributed by atoms with Crippen LogP contribution in [0.3, 0.4) is 0 Å². The third-order valence-corrected chi connectivity index (χ3v) is 3.38. The fraction of sp³-hybridized carbons (Fsp3) is 0.250. The second-order valence-electron chi connectivity index (χ2n) is 6.95. The van der Waals surface area contributed by atoms with E-state index >= 15 is 0 Å². The number of hydrazone groups is 1. The number of hydrogen-bond donors (Lipinski definition) is 1. The molecular formula is C20H21N3O6. The van der Waals surface area contributed by atoms with Gasteiger partial charge in [-0.2, -0.15) is 5.10 Å². The number of carbonyl (C=O) groups excluding carboxylic acids is 2. The quantitative estimate of drug-likeness (QED) is 0.331. The van der Waals surface area contributed by atoms with E-state index in [1.54, 1.807) is 45.0 Å². The van der Waals surface area contributed by atoms with Gasteiger partial charge in [-0.25, -0.2) is 10.2 Å². The molecule has 0 saturated heterocycles. The molecule has 9 nitrogen and oxygen atoms in total. The largest absolute Gasteiger partial charge is 0.482 e. The van der Waals surface area contributed by atoms with Gasteiger partial charge in [0.15, 0.2) is 6.61 Å². The number of nitro benzene ring substituents is 1. The number of non-ortho nitro benzene ring substituents is 1. The molecule has 9 heteroatoms. The topological polar surface area (TPSA) is 120 Å². The standard InChI is InChI=1S/C20H21N3O6/c1-20(2,3)29-18(24)13-28-17-10-4-14(5-11-17)12-21-22-19(25)15-6-8-16(9-7-15)23(26)27/h4-12H,13H2,1-3H3,(H,22,25)/b21-12-. The van der Waals surface area contributed by atoms with Crippen molar-refractivity contribution < 1.29 is 24.0 Å². The molecule has 0 aliphatic heterocycles. The summed E-state index contributed by atoms with van der Waals surface area (Å²) in [6.45, 7) is 5.13. The van der Waals surface area contributed by atoms with Crippen LogP contribution >= 0.6 is 0 Å². The molecule has 0 spiro atoms. The molecule has 2 aromatic rings. The molecule has 0 unspecified atom stereocenters. The fourth-order valence-electron chi connectivity index (χ4n) is 2.13. The molecule has 0 aliphatic rings. The van der Waals surface area contributed by atoms with Crippen LogP contribution in [0.15, 0.2) is 53.6 Å². The minimum Gasteiger partial charge on any atom is -0.482 e. The van der Waals surface area contributed by atoms with Gasteiger partial charge in [0.05, 0.1) is 11.1 Å². The second kappa shape index (κ2) is 9.45. The molecule has 0 heterocycles. The maximum Gasteiger partial charge on any atom is 0.344 e. The number of rotatable bonds is 7. The minimum absolute atomic E-state index is 0.0981. The van der Waals surface area contributed by atoms with Crippen molar-refractivity contribution in [3.63, 3.8) is 0 Å². The van der Waals surface area contributed by atoms with Gasteiger partial charge < -0.3 is 9.47 Å². The first-order chi connectivity index (χ1) is 13.6. The summed E-state index contributed by atoms with van der Waals surface area (Å²) in [6.07, 6.45) is 1.43. The molecule has 2 aromatic carbocycles. The van der Waals surface area contributed by atoms with Gasteiger partial charge >= 0.3 is 5.97 Å². The Labute approximate surface area is 167 Å². The number of nitro groups is 1. The maximum absolute atomic E-state index is 12.0. The Balaban J connectivity index is 1.84. The normalized spacial score (nSPS) is 11.1. The molecule has 0 aliphatic carbocycles. The van der Waals surface area contributed by atoms with Crippen LogP contribution in [-0.4, -0.2) is 35.2 Å². The van der Waals surface area contributed by atoms with Gasteiger partial charge in [0, 0.05) is 17.7 Å². The average molecular weight is 399 g/mol. The Hall–Kier alpha value is -3.75. The van der Waals surface area contributed by atoms with E-state index < -0.39 is 22.4 Å². The Morgan fingerprint density at radius 3 is 2.28 bits per heavy atom. The van der Waals surface area contributed by atoms with E-state index in [1.807, 2.05) is 0 Å². The van der Waals surface area contributed by atoms with Crippen LogP contribution in [0.5, 0.6) is 5.75 Å². The van der Waals surface area contributed by atoms with E-state index in [9.17, 15) is 19.7 Å². The molecule has 0 bridgehead atoms. The van der Waals surface area contributed by atoms with Crippen molar-refractivity contribution in [3.05, 3.63) is 69.8 Å². The van der Waals surface area contributed by atoms with Crippen molar-refractivity contribution >= 4 is 23.8 Å². The summed E-state index contributed by atoms with van der Waals surface area (Å²) in [6, 6.07) is 11.9. The number of amides is 1. The van der Waals surface area contributed by atoms with E-state index in [4.69, 9.17) is 9.47 Å². The second-order valence-corrected chi connectivity index (χ2v) is 6.95. The van der Waals surface area contributed by atoms with E-state index in [-0.39, 0.29) is 17.9 Å². The monoisotopic (exact) mass is 399 g/mol. The van der Waals surface area contributed by atoms with Crippen LogP contribution in [0.4, 0.5) is 5.69 Å². The van der Waals surface area contributed by atoms with Gasteiger partial charge in [0.1, 0.15) is 11.4 Å². The number of hydrogen-bond acceptors (Lipinski definition) is 7. The molecule has 152 valence electrons. The van der Waals surface area contributed by atoms with Crippen LogP contribution < -0.4 is 10.2 Å². The third kappa shape index (κ3) is 7.41. The summed E-state index contributed by atoms with van der Waals surface area (Å²) in [4.78, 5) is 33.7. The van der Waals surface area contributed by atoms with Crippen LogP contribution in [0.2, 0.25) is 0 Å². The van der Waals surface area contributed by atoms with Crippen molar-refractivity contribution in [1.29, 1.82) is 0 Å². The zero-order chi connectivity index (χ0) is 21.4. The Kier molecular flexibility index (Phi) is 7.02. The molecule has 2 rings (SSSR count).